The predicted octanol–water partition coefficient (Wildman–Crippen LogP) is 5.55. The molecule has 2 atom stereocenters. The van der Waals surface area contributed by atoms with Crippen molar-refractivity contribution in [3.8, 4) is 11.3 Å². The van der Waals surface area contributed by atoms with Gasteiger partial charge in [0.25, 0.3) is 5.69 Å². The van der Waals surface area contributed by atoms with Crippen LogP contribution in [0.5, 0.6) is 0 Å². The quantitative estimate of drug-likeness (QED) is 0.290. The van der Waals surface area contributed by atoms with Crippen molar-refractivity contribution in [1.82, 2.24) is 10.2 Å². The summed E-state index contributed by atoms with van der Waals surface area (Å²) in [5, 5.41) is 19.1. The van der Waals surface area contributed by atoms with Crippen LogP contribution in [0.3, 0.4) is 0 Å². The van der Waals surface area contributed by atoms with Crippen LogP contribution in [0.4, 0.5) is 18.9 Å². The molecule has 1 aromatic heterocycles. The lowest BCUT2D eigenvalue weighted by atomic mass is 9.85. The van der Waals surface area contributed by atoms with Gasteiger partial charge in [0.05, 0.1) is 27.4 Å². The number of carbonyl (C=O) groups excluding carboxylic acids is 1. The maximum atomic E-state index is 13.1. The SMILES string of the molecule is CC1Cc2nnc(-c3cccc(C(F)(F)F)c3)cc2C(OC(=O)c2ccc([N+](=O)[O-])cc2)C1. The number of esters is 1. The lowest BCUT2D eigenvalue weighted by molar-refractivity contribution is -0.384. The second-order valence-corrected chi connectivity index (χ2v) is 7.95. The van der Waals surface area contributed by atoms with Gasteiger partial charge < -0.3 is 4.74 Å². The molecule has 1 heterocycles. The van der Waals surface area contributed by atoms with Crippen molar-refractivity contribution in [3.63, 3.8) is 0 Å². The molecule has 1 aliphatic carbocycles. The first-order valence-corrected chi connectivity index (χ1v) is 10.1. The predicted molar refractivity (Wildman–Crippen MR) is 111 cm³/mol. The molecule has 0 amide bonds. The second-order valence-electron chi connectivity index (χ2n) is 7.95. The van der Waals surface area contributed by atoms with E-state index in [9.17, 15) is 28.1 Å². The molecule has 2 unspecified atom stereocenters. The van der Waals surface area contributed by atoms with Gasteiger partial charge in [-0.05, 0) is 49.1 Å². The molecule has 2 aromatic carbocycles. The molecule has 3 aromatic rings. The molecule has 0 saturated heterocycles. The van der Waals surface area contributed by atoms with Crippen LogP contribution < -0.4 is 0 Å². The third-order valence-electron chi connectivity index (χ3n) is 5.46. The van der Waals surface area contributed by atoms with Crippen molar-refractivity contribution < 1.29 is 27.6 Å². The lowest BCUT2D eigenvalue weighted by Gasteiger charge is -2.28. The summed E-state index contributed by atoms with van der Waals surface area (Å²) < 4.78 is 45.0. The maximum Gasteiger partial charge on any atom is 0.416 e. The van der Waals surface area contributed by atoms with Gasteiger partial charge in [-0.1, -0.05) is 19.1 Å². The minimum Gasteiger partial charge on any atom is -0.454 e. The molecule has 4 rings (SSSR count). The number of hydrogen-bond donors (Lipinski definition) is 0. The fourth-order valence-electron chi connectivity index (χ4n) is 3.80. The first kappa shape index (κ1) is 22.4. The van der Waals surface area contributed by atoms with E-state index in [4.69, 9.17) is 4.74 Å². The molecule has 0 spiro atoms. The molecule has 0 saturated carbocycles. The second kappa shape index (κ2) is 8.61. The highest BCUT2D eigenvalue weighted by Crippen LogP contribution is 2.37. The summed E-state index contributed by atoms with van der Waals surface area (Å²) >= 11 is 0. The minimum atomic E-state index is -4.49. The van der Waals surface area contributed by atoms with E-state index in [2.05, 4.69) is 10.2 Å². The zero-order valence-corrected chi connectivity index (χ0v) is 17.4. The number of halogens is 3. The smallest absolute Gasteiger partial charge is 0.416 e. The van der Waals surface area contributed by atoms with E-state index in [0.717, 1.165) is 12.1 Å². The van der Waals surface area contributed by atoms with Crippen molar-refractivity contribution in [1.29, 1.82) is 0 Å². The number of benzene rings is 2. The number of hydrogen-bond acceptors (Lipinski definition) is 6. The van der Waals surface area contributed by atoms with Crippen LogP contribution in [0.1, 0.15) is 46.6 Å². The van der Waals surface area contributed by atoms with Gasteiger partial charge in [0.15, 0.2) is 0 Å². The topological polar surface area (TPSA) is 95.2 Å². The van der Waals surface area contributed by atoms with Gasteiger partial charge in [-0.2, -0.15) is 23.4 Å². The van der Waals surface area contributed by atoms with Gasteiger partial charge in [0.2, 0.25) is 0 Å². The van der Waals surface area contributed by atoms with Gasteiger partial charge in [-0.15, -0.1) is 0 Å². The Morgan fingerprint density at radius 3 is 2.52 bits per heavy atom. The summed E-state index contributed by atoms with van der Waals surface area (Å²) in [5.74, 6) is -0.520. The Bertz CT molecular complexity index is 1210. The van der Waals surface area contributed by atoms with Gasteiger partial charge in [0, 0.05) is 23.3 Å². The van der Waals surface area contributed by atoms with E-state index in [1.165, 1.54) is 36.4 Å². The molecule has 0 radical (unpaired) electrons. The Labute approximate surface area is 186 Å². The number of non-ortho nitro benzene ring substituents is 1. The Hall–Kier alpha value is -3.82. The van der Waals surface area contributed by atoms with Crippen LogP contribution in [0.25, 0.3) is 11.3 Å². The fourth-order valence-corrected chi connectivity index (χ4v) is 3.80. The van der Waals surface area contributed by atoms with E-state index in [1.807, 2.05) is 6.92 Å². The maximum absolute atomic E-state index is 13.1. The molecule has 10 heteroatoms. The van der Waals surface area contributed by atoms with Gasteiger partial charge in [-0.3, -0.25) is 10.1 Å². The standard InChI is InChI=1S/C23H18F3N3O4/c1-13-9-20-18(12-19(27-28-20)15-3-2-4-16(11-15)23(24,25)26)21(10-13)33-22(30)14-5-7-17(8-6-14)29(31)32/h2-8,11-13,21H,9-10H2,1H3. The lowest BCUT2D eigenvalue weighted by Crippen LogP contribution is -2.23. The van der Waals surface area contributed by atoms with Crippen LogP contribution in [-0.2, 0) is 17.3 Å². The molecule has 0 N–H and O–H groups in total. The molecule has 33 heavy (non-hydrogen) atoms. The highest BCUT2D eigenvalue weighted by Gasteiger charge is 2.32. The monoisotopic (exact) mass is 457 g/mol. The number of carbonyl (C=O) groups is 1. The van der Waals surface area contributed by atoms with Crippen LogP contribution >= 0.6 is 0 Å². The van der Waals surface area contributed by atoms with E-state index in [1.54, 1.807) is 6.07 Å². The van der Waals surface area contributed by atoms with Crippen LogP contribution in [0, 0.1) is 16.0 Å². The average Bonchev–Trinajstić information content (AvgIpc) is 2.78. The summed E-state index contributed by atoms with van der Waals surface area (Å²) in [6.45, 7) is 1.97. The number of nitro benzene ring substituents is 1. The van der Waals surface area contributed by atoms with E-state index < -0.39 is 28.7 Å². The number of alkyl halides is 3. The zero-order chi connectivity index (χ0) is 23.8. The van der Waals surface area contributed by atoms with E-state index in [-0.39, 0.29) is 28.4 Å². The zero-order valence-electron chi connectivity index (χ0n) is 17.4. The number of nitrogens with zero attached hydrogens (tertiary/aromatic N) is 3. The van der Waals surface area contributed by atoms with Crippen LogP contribution in [0.15, 0.2) is 54.6 Å². The van der Waals surface area contributed by atoms with Crippen molar-refractivity contribution in [2.24, 2.45) is 5.92 Å². The molecule has 0 bridgehead atoms. The van der Waals surface area contributed by atoms with E-state index >= 15 is 0 Å². The number of nitro groups is 1. The minimum absolute atomic E-state index is 0.140. The molecule has 170 valence electrons. The highest BCUT2D eigenvalue weighted by atomic mass is 19.4. The Morgan fingerprint density at radius 1 is 1.12 bits per heavy atom. The normalized spacial score (nSPS) is 17.8. The number of fused-ring (bicyclic) bond motifs is 1. The van der Waals surface area contributed by atoms with Crippen molar-refractivity contribution >= 4 is 11.7 Å². The Morgan fingerprint density at radius 2 is 1.85 bits per heavy atom. The van der Waals surface area contributed by atoms with Crippen molar-refractivity contribution in [2.75, 3.05) is 0 Å². The van der Waals surface area contributed by atoms with Gasteiger partial charge in [-0.25, -0.2) is 4.79 Å². The average molecular weight is 457 g/mol. The summed E-state index contributed by atoms with van der Waals surface area (Å²) in [5.41, 5.74) is 0.903. The first-order valence-electron chi connectivity index (χ1n) is 10.1. The molecule has 7 nitrogen and oxygen atoms in total. The van der Waals surface area contributed by atoms with Crippen molar-refractivity contribution in [2.45, 2.75) is 32.0 Å². The molecule has 0 fully saturated rings. The molecular weight excluding hydrogens is 439 g/mol. The van der Waals surface area contributed by atoms with Crippen LogP contribution in [-0.4, -0.2) is 21.1 Å². The molecule has 0 aliphatic heterocycles. The summed E-state index contributed by atoms with van der Waals surface area (Å²) in [6, 6.07) is 11.4. The third kappa shape index (κ3) is 4.84. The van der Waals surface area contributed by atoms with Gasteiger partial charge in [0.1, 0.15) is 6.10 Å². The molecular formula is C23H18F3N3O4. The van der Waals surface area contributed by atoms with E-state index in [0.29, 0.717) is 24.1 Å². The highest BCUT2D eigenvalue weighted by molar-refractivity contribution is 5.89. The van der Waals surface area contributed by atoms with Crippen LogP contribution in [0.2, 0.25) is 0 Å². The summed E-state index contributed by atoms with van der Waals surface area (Å²) in [6.07, 6.45) is -4.07. The largest absolute Gasteiger partial charge is 0.454 e. The Kier molecular flexibility index (Phi) is 5.84. The summed E-state index contributed by atoms with van der Waals surface area (Å²) in [7, 11) is 0. The molecule has 1 aliphatic rings. The Balaban J connectivity index is 1.63. The van der Waals surface area contributed by atoms with Gasteiger partial charge >= 0.3 is 12.1 Å². The van der Waals surface area contributed by atoms with Crippen molar-refractivity contribution in [3.05, 3.63) is 87.1 Å². The number of ether oxygens (including phenoxy) is 1. The third-order valence-corrected chi connectivity index (χ3v) is 5.46. The number of aromatic nitrogens is 2. The summed E-state index contributed by atoms with van der Waals surface area (Å²) in [4.78, 5) is 22.9. The fraction of sp³-hybridized carbons (Fsp3) is 0.261. The number of rotatable bonds is 4. The first-order chi connectivity index (χ1) is 15.6.